The molecule has 0 aromatic rings. The summed E-state index contributed by atoms with van der Waals surface area (Å²) >= 11 is 0. The molecule has 1 fully saturated rings. The van der Waals surface area contributed by atoms with Gasteiger partial charge in [-0.1, -0.05) is 39.5 Å². The smallest absolute Gasteiger partial charge is 0 e. The summed E-state index contributed by atoms with van der Waals surface area (Å²) in [5, 5.41) is 12.0. The third-order valence-electron chi connectivity index (χ3n) is 2.30. The summed E-state index contributed by atoms with van der Waals surface area (Å²) in [5.41, 5.74) is 0. The van der Waals surface area contributed by atoms with Gasteiger partial charge in [0.05, 0.1) is 0 Å². The summed E-state index contributed by atoms with van der Waals surface area (Å²) in [6, 6.07) is 0. The first kappa shape index (κ1) is 9.42. The highest BCUT2D eigenvalue weighted by molar-refractivity contribution is 4.65. The van der Waals surface area contributed by atoms with Crippen molar-refractivity contribution in [2.45, 2.75) is 39.5 Å². The van der Waals surface area contributed by atoms with Crippen LogP contribution in [0.1, 0.15) is 39.5 Å². The molecule has 1 aliphatic rings. The van der Waals surface area contributed by atoms with Crippen molar-refractivity contribution in [3.8, 4) is 0 Å². The van der Waals surface area contributed by atoms with Crippen LogP contribution in [0.3, 0.4) is 0 Å². The molecule has 1 aliphatic carbocycles. The van der Waals surface area contributed by atoms with Crippen LogP contribution < -0.4 is 0 Å². The van der Waals surface area contributed by atoms with Gasteiger partial charge in [-0.15, -0.1) is 0 Å². The predicted molar refractivity (Wildman–Crippen MR) is 40.2 cm³/mol. The minimum Gasteiger partial charge on any atom is -0.0625 e. The van der Waals surface area contributed by atoms with Gasteiger partial charge in [-0.3, -0.25) is 0 Å². The maximum atomic E-state index is 6.00. The molecule has 0 amide bonds. The van der Waals surface area contributed by atoms with E-state index in [1.54, 1.807) is 0 Å². The fourth-order valence-electron chi connectivity index (χ4n) is 1.43. The van der Waals surface area contributed by atoms with E-state index in [1.165, 1.54) is 25.7 Å². The number of hydrogen-bond donors (Lipinski definition) is 0. The first-order valence-corrected chi connectivity index (χ1v) is 3.99. The Morgan fingerprint density at radius 3 is 1.20 bits per heavy atom. The normalized spacial score (nSPS) is 32.0. The molecule has 1 saturated carbocycles. The summed E-state index contributed by atoms with van der Waals surface area (Å²) in [7, 11) is 0. The van der Waals surface area contributed by atoms with E-state index in [0.717, 1.165) is 11.8 Å². The zero-order valence-electron chi connectivity index (χ0n) is 6.88. The molecule has 0 aromatic carbocycles. The van der Waals surface area contributed by atoms with Crippen molar-refractivity contribution >= 4 is 0 Å². The molecule has 2 nitrogen and oxygen atoms in total. The minimum atomic E-state index is 1.02. The molecular weight excluding hydrogens is 124 g/mol. The van der Waals surface area contributed by atoms with Crippen LogP contribution >= 0.6 is 0 Å². The van der Waals surface area contributed by atoms with E-state index in [2.05, 4.69) is 13.8 Å². The molecule has 1 rings (SSSR count). The van der Waals surface area contributed by atoms with E-state index in [4.69, 9.17) is 10.8 Å². The summed E-state index contributed by atoms with van der Waals surface area (Å²) in [6.07, 6.45) is 5.89. The Balaban J connectivity index is 0.000000371. The van der Waals surface area contributed by atoms with Crippen LogP contribution in [0.25, 0.3) is 0 Å². The van der Waals surface area contributed by atoms with Crippen molar-refractivity contribution in [2.24, 2.45) is 11.8 Å². The third kappa shape index (κ3) is 3.45. The zero-order valence-corrected chi connectivity index (χ0v) is 6.88. The molecule has 0 unspecified atom stereocenters. The summed E-state index contributed by atoms with van der Waals surface area (Å²) in [6.45, 7) is 4.73. The third-order valence-corrected chi connectivity index (χ3v) is 2.30. The van der Waals surface area contributed by atoms with Gasteiger partial charge in [0, 0.05) is 10.8 Å². The van der Waals surface area contributed by atoms with Crippen molar-refractivity contribution in [1.82, 2.24) is 0 Å². The fraction of sp³-hybridized carbons (Fsp3) is 1.00. The minimum absolute atomic E-state index is 1.02. The molecule has 0 spiro atoms. The molecule has 0 N–H and O–H groups in total. The zero-order chi connectivity index (χ0) is 7.98. The van der Waals surface area contributed by atoms with Crippen molar-refractivity contribution in [3.05, 3.63) is 0 Å². The maximum Gasteiger partial charge on any atom is 0 e. The van der Waals surface area contributed by atoms with Crippen molar-refractivity contribution in [1.29, 1.82) is 10.8 Å². The highest BCUT2D eigenvalue weighted by Crippen LogP contribution is 2.27. The van der Waals surface area contributed by atoms with Crippen LogP contribution in [0.5, 0.6) is 0 Å². The van der Waals surface area contributed by atoms with Crippen LogP contribution in [0.2, 0.25) is 0 Å². The lowest BCUT2D eigenvalue weighted by Gasteiger charge is -2.22. The molecule has 0 heterocycles. The lowest BCUT2D eigenvalue weighted by molar-refractivity contribution is 0.308. The summed E-state index contributed by atoms with van der Waals surface area (Å²) < 4.78 is 0. The molecule has 0 saturated heterocycles. The average molecular weight is 140 g/mol. The molecule has 2 heteroatoms. The van der Waals surface area contributed by atoms with Crippen LogP contribution in [-0.2, 0) is 0 Å². The first-order chi connectivity index (χ1) is 4.79. The van der Waals surface area contributed by atoms with E-state index in [0.29, 0.717) is 0 Å². The first-order valence-electron chi connectivity index (χ1n) is 3.99. The van der Waals surface area contributed by atoms with E-state index in [-0.39, 0.29) is 0 Å². The second-order valence-electron chi connectivity index (χ2n) is 3.37. The number of hydrogen-bond acceptors (Lipinski definition) is 2. The van der Waals surface area contributed by atoms with Gasteiger partial charge in [-0.05, 0) is 11.8 Å². The lowest BCUT2D eigenvalue weighted by atomic mass is 9.84. The Morgan fingerprint density at radius 1 is 0.800 bits per heavy atom. The predicted octanol–water partition coefficient (Wildman–Crippen LogP) is 2.86. The summed E-state index contributed by atoms with van der Waals surface area (Å²) in [5.74, 6) is 2.04. The molecule has 58 valence electrons. The molecule has 0 radical (unpaired) electrons. The van der Waals surface area contributed by atoms with Gasteiger partial charge in [-0.2, -0.15) is 0 Å². The number of nitrogens with zero attached hydrogens (tertiary/aromatic N) is 2. The Labute approximate surface area is 63.0 Å². The highest BCUT2D eigenvalue weighted by atomic mass is 14.6. The molecule has 0 bridgehead atoms. The van der Waals surface area contributed by atoms with Gasteiger partial charge >= 0.3 is 0 Å². The SMILES string of the molecule is CC1CCC(C)CC1.N#N. The fourth-order valence-corrected chi connectivity index (χ4v) is 1.43. The van der Waals surface area contributed by atoms with Crippen LogP contribution in [0.15, 0.2) is 0 Å². The van der Waals surface area contributed by atoms with Gasteiger partial charge in [0.1, 0.15) is 0 Å². The highest BCUT2D eigenvalue weighted by Gasteiger charge is 2.13. The molecule has 0 atom stereocenters. The Hall–Kier alpha value is -0.580. The van der Waals surface area contributed by atoms with Gasteiger partial charge in [0.15, 0.2) is 0 Å². The Bertz CT molecular complexity index is 80.7. The van der Waals surface area contributed by atoms with Gasteiger partial charge in [-0.25, -0.2) is 0 Å². The van der Waals surface area contributed by atoms with Crippen LogP contribution in [0.4, 0.5) is 0 Å². The monoisotopic (exact) mass is 140 g/mol. The largest absolute Gasteiger partial charge is 0.0625 e. The lowest BCUT2D eigenvalue weighted by Crippen LogP contribution is -2.08. The van der Waals surface area contributed by atoms with Crippen LogP contribution in [-0.4, -0.2) is 0 Å². The van der Waals surface area contributed by atoms with Gasteiger partial charge < -0.3 is 0 Å². The van der Waals surface area contributed by atoms with E-state index in [9.17, 15) is 0 Å². The molecule has 0 aliphatic heterocycles. The molecule has 10 heavy (non-hydrogen) atoms. The van der Waals surface area contributed by atoms with Crippen molar-refractivity contribution in [2.75, 3.05) is 0 Å². The standard InChI is InChI=1S/C8H16.N2/c1-7-3-5-8(2)6-4-7;1-2/h7-8H,3-6H2,1-2H3;. The Morgan fingerprint density at radius 2 is 1.00 bits per heavy atom. The Kier molecular flexibility index (Phi) is 4.92. The van der Waals surface area contributed by atoms with Crippen LogP contribution in [0, 0.1) is 22.6 Å². The maximum absolute atomic E-state index is 6.00. The van der Waals surface area contributed by atoms with Gasteiger partial charge in [0.2, 0.25) is 0 Å². The van der Waals surface area contributed by atoms with Gasteiger partial charge in [0.25, 0.3) is 0 Å². The topological polar surface area (TPSA) is 47.6 Å². The number of rotatable bonds is 0. The van der Waals surface area contributed by atoms with E-state index >= 15 is 0 Å². The second kappa shape index (κ2) is 5.22. The van der Waals surface area contributed by atoms with E-state index in [1.807, 2.05) is 0 Å². The van der Waals surface area contributed by atoms with Crippen molar-refractivity contribution < 1.29 is 0 Å². The molecule has 0 aromatic heterocycles. The quantitative estimate of drug-likeness (QED) is 0.486. The molecular formula is C8H16N2. The van der Waals surface area contributed by atoms with Crippen molar-refractivity contribution in [3.63, 3.8) is 0 Å². The van der Waals surface area contributed by atoms with E-state index < -0.39 is 0 Å². The second-order valence-corrected chi connectivity index (χ2v) is 3.37. The average Bonchev–Trinajstić information content (AvgIpc) is 2.00. The summed E-state index contributed by atoms with van der Waals surface area (Å²) in [4.78, 5) is 0.